The van der Waals surface area contributed by atoms with E-state index in [1.165, 1.54) is 0 Å². The molecule has 0 bridgehead atoms. The smallest absolute Gasteiger partial charge is 0.234 e. The zero-order chi connectivity index (χ0) is 13.2. The van der Waals surface area contributed by atoms with Crippen molar-refractivity contribution in [3.8, 4) is 0 Å². The number of nitrogens with zero attached hydrogens (tertiary/aromatic N) is 3. The number of aliphatic hydroxyl groups is 1. The molecule has 3 heterocycles. The van der Waals surface area contributed by atoms with Crippen molar-refractivity contribution in [2.24, 2.45) is 0 Å². The van der Waals surface area contributed by atoms with E-state index >= 15 is 0 Å². The fraction of sp³-hybridized carbons (Fsp3) is 0.583. The zero-order valence-electron chi connectivity index (χ0n) is 10.6. The molecule has 0 amide bonds. The van der Waals surface area contributed by atoms with Gasteiger partial charge in [0, 0.05) is 17.7 Å². The summed E-state index contributed by atoms with van der Waals surface area (Å²) in [4.78, 5) is 8.70. The highest BCUT2D eigenvalue weighted by atomic mass is 32.1. The van der Waals surface area contributed by atoms with Gasteiger partial charge in [-0.15, -0.1) is 11.3 Å². The average molecular weight is 281 g/mol. The van der Waals surface area contributed by atoms with Gasteiger partial charge in [0.25, 0.3) is 0 Å². The molecule has 1 fully saturated rings. The molecule has 0 radical (unpaired) electrons. The maximum absolute atomic E-state index is 9.91. The van der Waals surface area contributed by atoms with Gasteiger partial charge in [0.1, 0.15) is 5.01 Å². The molecular formula is C12H15N3O3S. The fourth-order valence-corrected chi connectivity index (χ4v) is 2.84. The number of aryl methyl sites for hydroxylation is 1. The number of ether oxygens (including phenoxy) is 1. The Morgan fingerprint density at radius 1 is 1.47 bits per heavy atom. The molecular weight excluding hydrogens is 266 g/mol. The SMILES string of the molecule is Cc1csc(Cc2noc(C3COCCC3O)n2)n1. The van der Waals surface area contributed by atoms with Crippen molar-refractivity contribution in [1.29, 1.82) is 0 Å². The average Bonchev–Trinajstić information content (AvgIpc) is 3.00. The van der Waals surface area contributed by atoms with Crippen LogP contribution in [-0.2, 0) is 11.2 Å². The first-order valence-electron chi connectivity index (χ1n) is 6.21. The third-order valence-corrected chi connectivity index (χ3v) is 4.06. The Hall–Kier alpha value is -1.31. The van der Waals surface area contributed by atoms with Gasteiger partial charge in [-0.2, -0.15) is 4.98 Å². The number of thiazole rings is 1. The summed E-state index contributed by atoms with van der Waals surface area (Å²) in [6.45, 7) is 2.97. The molecule has 2 unspecified atom stereocenters. The summed E-state index contributed by atoms with van der Waals surface area (Å²) in [7, 11) is 0. The topological polar surface area (TPSA) is 81.3 Å². The highest BCUT2D eigenvalue weighted by Crippen LogP contribution is 2.25. The van der Waals surface area contributed by atoms with Crippen LogP contribution < -0.4 is 0 Å². The molecule has 1 aliphatic heterocycles. The third kappa shape index (κ3) is 2.83. The van der Waals surface area contributed by atoms with E-state index < -0.39 is 6.10 Å². The molecule has 7 heteroatoms. The third-order valence-electron chi connectivity index (χ3n) is 3.10. The maximum atomic E-state index is 9.91. The first kappa shape index (κ1) is 12.7. The van der Waals surface area contributed by atoms with Crippen molar-refractivity contribution < 1.29 is 14.4 Å². The zero-order valence-corrected chi connectivity index (χ0v) is 11.4. The van der Waals surface area contributed by atoms with E-state index in [-0.39, 0.29) is 5.92 Å². The minimum absolute atomic E-state index is 0.215. The molecule has 3 rings (SSSR count). The monoisotopic (exact) mass is 281 g/mol. The van der Waals surface area contributed by atoms with E-state index in [1.54, 1.807) is 11.3 Å². The maximum Gasteiger partial charge on any atom is 0.234 e. The molecule has 1 N–H and O–H groups in total. The van der Waals surface area contributed by atoms with Crippen LogP contribution in [0, 0.1) is 6.92 Å². The van der Waals surface area contributed by atoms with Crippen molar-refractivity contribution in [2.45, 2.75) is 31.8 Å². The van der Waals surface area contributed by atoms with E-state index in [2.05, 4.69) is 15.1 Å². The largest absolute Gasteiger partial charge is 0.392 e. The molecule has 0 spiro atoms. The van der Waals surface area contributed by atoms with Crippen LogP contribution in [0.5, 0.6) is 0 Å². The Balaban J connectivity index is 1.72. The van der Waals surface area contributed by atoms with Gasteiger partial charge in [-0.25, -0.2) is 4.98 Å². The number of rotatable bonds is 3. The van der Waals surface area contributed by atoms with Crippen LogP contribution in [0.4, 0.5) is 0 Å². The van der Waals surface area contributed by atoms with Gasteiger partial charge >= 0.3 is 0 Å². The normalized spacial score (nSPS) is 23.7. The Kier molecular flexibility index (Phi) is 3.58. The lowest BCUT2D eigenvalue weighted by molar-refractivity contribution is -0.0149. The Morgan fingerprint density at radius 3 is 3.11 bits per heavy atom. The minimum Gasteiger partial charge on any atom is -0.392 e. The summed E-state index contributed by atoms with van der Waals surface area (Å²) >= 11 is 1.58. The van der Waals surface area contributed by atoms with E-state index in [0.29, 0.717) is 37.8 Å². The highest BCUT2D eigenvalue weighted by Gasteiger charge is 2.30. The number of hydrogen-bond donors (Lipinski definition) is 1. The summed E-state index contributed by atoms with van der Waals surface area (Å²) in [6.07, 6.45) is 0.698. The highest BCUT2D eigenvalue weighted by molar-refractivity contribution is 7.09. The van der Waals surface area contributed by atoms with Crippen molar-refractivity contribution >= 4 is 11.3 Å². The van der Waals surface area contributed by atoms with E-state index in [0.717, 1.165) is 10.7 Å². The Labute approximate surface area is 114 Å². The van der Waals surface area contributed by atoms with Crippen LogP contribution in [0.2, 0.25) is 0 Å². The molecule has 0 aromatic carbocycles. The first-order valence-corrected chi connectivity index (χ1v) is 7.09. The van der Waals surface area contributed by atoms with Gasteiger partial charge in [-0.05, 0) is 13.3 Å². The van der Waals surface area contributed by atoms with Gasteiger partial charge in [0.05, 0.1) is 25.0 Å². The predicted octanol–water partition coefficient (Wildman–Crippen LogP) is 1.29. The van der Waals surface area contributed by atoms with Gasteiger partial charge in [-0.1, -0.05) is 5.16 Å². The quantitative estimate of drug-likeness (QED) is 0.913. The van der Waals surface area contributed by atoms with Crippen LogP contribution in [0.1, 0.15) is 34.8 Å². The van der Waals surface area contributed by atoms with E-state index in [1.807, 2.05) is 12.3 Å². The number of aliphatic hydroxyl groups excluding tert-OH is 1. The van der Waals surface area contributed by atoms with Crippen LogP contribution >= 0.6 is 11.3 Å². The van der Waals surface area contributed by atoms with E-state index in [9.17, 15) is 5.11 Å². The lowest BCUT2D eigenvalue weighted by Crippen LogP contribution is -2.30. The molecule has 2 atom stereocenters. The van der Waals surface area contributed by atoms with E-state index in [4.69, 9.17) is 9.26 Å². The van der Waals surface area contributed by atoms with Crippen LogP contribution in [0.15, 0.2) is 9.90 Å². The molecule has 0 aliphatic carbocycles. The summed E-state index contributed by atoms with van der Waals surface area (Å²) in [5.41, 5.74) is 1.000. The summed E-state index contributed by atoms with van der Waals surface area (Å²) in [5, 5.41) is 16.8. The lowest BCUT2D eigenvalue weighted by atomic mass is 9.99. The van der Waals surface area contributed by atoms with Gasteiger partial charge in [-0.3, -0.25) is 0 Å². The second kappa shape index (κ2) is 5.36. The van der Waals surface area contributed by atoms with Gasteiger partial charge < -0.3 is 14.4 Å². The second-order valence-electron chi connectivity index (χ2n) is 4.65. The Bertz CT molecular complexity index is 554. The lowest BCUT2D eigenvalue weighted by Gasteiger charge is -2.24. The fourth-order valence-electron chi connectivity index (χ4n) is 2.07. The summed E-state index contributed by atoms with van der Waals surface area (Å²) < 4.78 is 10.6. The van der Waals surface area contributed by atoms with Gasteiger partial charge in [0.2, 0.25) is 5.89 Å². The van der Waals surface area contributed by atoms with Crippen molar-refractivity contribution in [1.82, 2.24) is 15.1 Å². The molecule has 2 aromatic rings. The molecule has 1 aliphatic rings. The van der Waals surface area contributed by atoms with Crippen LogP contribution in [0.3, 0.4) is 0 Å². The summed E-state index contributed by atoms with van der Waals surface area (Å²) in [6, 6.07) is 0. The van der Waals surface area contributed by atoms with Crippen LogP contribution in [0.25, 0.3) is 0 Å². The van der Waals surface area contributed by atoms with Crippen LogP contribution in [-0.4, -0.2) is 39.5 Å². The number of hydrogen-bond acceptors (Lipinski definition) is 7. The van der Waals surface area contributed by atoms with Crippen molar-refractivity contribution in [2.75, 3.05) is 13.2 Å². The van der Waals surface area contributed by atoms with Crippen molar-refractivity contribution in [3.05, 3.63) is 27.8 Å². The Morgan fingerprint density at radius 2 is 2.37 bits per heavy atom. The first-order chi connectivity index (χ1) is 9.22. The standard InChI is InChI=1S/C12H15N3O3S/c1-7-6-19-11(13-7)4-10-14-12(18-15-10)8-5-17-3-2-9(8)16/h6,8-9,16H,2-5H2,1H3. The second-order valence-corrected chi connectivity index (χ2v) is 5.59. The molecule has 2 aromatic heterocycles. The summed E-state index contributed by atoms with van der Waals surface area (Å²) in [5.74, 6) is 0.839. The molecule has 1 saturated heterocycles. The van der Waals surface area contributed by atoms with Gasteiger partial charge in [0.15, 0.2) is 5.82 Å². The molecule has 102 valence electrons. The molecule has 0 saturated carbocycles. The molecule has 19 heavy (non-hydrogen) atoms. The van der Waals surface area contributed by atoms with Crippen molar-refractivity contribution in [3.63, 3.8) is 0 Å². The number of aromatic nitrogens is 3. The minimum atomic E-state index is -0.468. The predicted molar refractivity (Wildman–Crippen MR) is 68.1 cm³/mol. The molecule has 6 nitrogen and oxygen atoms in total.